The first-order chi connectivity index (χ1) is 15.2. The van der Waals surface area contributed by atoms with Crippen LogP contribution in [0.1, 0.15) is 35.2 Å². The van der Waals surface area contributed by atoms with Crippen LogP contribution in [0, 0.1) is 0 Å². The maximum atomic E-state index is 12.6. The minimum atomic E-state index is -0.0712. The van der Waals surface area contributed by atoms with Gasteiger partial charge in [-0.05, 0) is 43.0 Å². The number of piperidine rings is 1. The average Bonchev–Trinajstić information content (AvgIpc) is 2.81. The van der Waals surface area contributed by atoms with Gasteiger partial charge in [-0.3, -0.25) is 9.59 Å². The molecule has 0 atom stereocenters. The highest BCUT2D eigenvalue weighted by atomic mass is 16.5. The molecule has 1 heterocycles. The molecular weight excluding hydrogens is 390 g/mol. The van der Waals surface area contributed by atoms with Crippen molar-refractivity contribution in [1.29, 1.82) is 0 Å². The zero-order chi connectivity index (χ0) is 21.9. The van der Waals surface area contributed by atoms with E-state index < -0.39 is 0 Å². The number of para-hydroxylation sites is 1. The van der Waals surface area contributed by atoms with Gasteiger partial charge >= 0.3 is 0 Å². The van der Waals surface area contributed by atoms with E-state index in [4.69, 9.17) is 4.74 Å². The number of hydrogen-bond donors (Lipinski definition) is 2. The summed E-state index contributed by atoms with van der Waals surface area (Å²) in [5.74, 6) is -0.133. The highest BCUT2D eigenvalue weighted by Crippen LogP contribution is 2.24. The summed E-state index contributed by atoms with van der Waals surface area (Å²) in [6.07, 6.45) is 5.88. The van der Waals surface area contributed by atoms with Crippen molar-refractivity contribution in [2.45, 2.75) is 25.3 Å². The van der Waals surface area contributed by atoms with Gasteiger partial charge in [0.05, 0.1) is 5.56 Å². The fraction of sp³-hybridized carbons (Fsp3) is 0.360. The van der Waals surface area contributed by atoms with Crippen LogP contribution in [0.4, 0.5) is 5.69 Å². The number of hydrogen-bond acceptors (Lipinski definition) is 4. The van der Waals surface area contributed by atoms with E-state index in [2.05, 4.69) is 15.5 Å². The standard InChI is InChI=1S/C25H31N3O3/c1-31-19-7-16-26-25(30)22-10-5-6-11-23(22)28-17-14-21(15-18-28)27-24(29)13-12-20-8-3-2-4-9-20/h2-6,8-13,21H,7,14-19H2,1H3,(H,26,30)(H,27,29)/b13-12+. The molecule has 2 aromatic rings. The first-order valence-electron chi connectivity index (χ1n) is 10.8. The molecule has 1 aliphatic heterocycles. The molecule has 0 aliphatic carbocycles. The molecule has 0 spiro atoms. The van der Waals surface area contributed by atoms with E-state index >= 15 is 0 Å². The molecule has 6 nitrogen and oxygen atoms in total. The number of anilines is 1. The lowest BCUT2D eigenvalue weighted by Gasteiger charge is -2.34. The maximum absolute atomic E-state index is 12.6. The number of benzene rings is 2. The maximum Gasteiger partial charge on any atom is 0.253 e. The number of carbonyl (C=O) groups is 2. The number of ether oxygens (including phenoxy) is 1. The van der Waals surface area contributed by atoms with Crippen molar-refractivity contribution in [2.24, 2.45) is 0 Å². The summed E-state index contributed by atoms with van der Waals surface area (Å²) in [6.45, 7) is 2.80. The highest BCUT2D eigenvalue weighted by Gasteiger charge is 2.23. The van der Waals surface area contributed by atoms with E-state index in [1.54, 1.807) is 13.2 Å². The van der Waals surface area contributed by atoms with Crippen molar-refractivity contribution < 1.29 is 14.3 Å². The Kier molecular flexibility index (Phi) is 8.67. The Bertz CT molecular complexity index is 875. The zero-order valence-corrected chi connectivity index (χ0v) is 18.0. The summed E-state index contributed by atoms with van der Waals surface area (Å²) in [4.78, 5) is 27.1. The molecule has 31 heavy (non-hydrogen) atoms. The Morgan fingerprint density at radius 2 is 1.77 bits per heavy atom. The van der Waals surface area contributed by atoms with E-state index in [-0.39, 0.29) is 17.9 Å². The largest absolute Gasteiger partial charge is 0.385 e. The molecule has 0 saturated carbocycles. The third-order valence-corrected chi connectivity index (χ3v) is 5.37. The van der Waals surface area contributed by atoms with E-state index in [0.717, 1.165) is 43.6 Å². The van der Waals surface area contributed by atoms with Crippen LogP contribution in [0.3, 0.4) is 0 Å². The fourth-order valence-electron chi connectivity index (χ4n) is 3.71. The molecule has 6 heteroatoms. The van der Waals surface area contributed by atoms with Crippen molar-refractivity contribution >= 4 is 23.6 Å². The van der Waals surface area contributed by atoms with Crippen molar-refractivity contribution in [3.05, 3.63) is 71.8 Å². The molecular formula is C25H31N3O3. The predicted molar refractivity (Wildman–Crippen MR) is 124 cm³/mol. The van der Waals surface area contributed by atoms with Gasteiger partial charge in [-0.25, -0.2) is 0 Å². The summed E-state index contributed by atoms with van der Waals surface area (Å²) < 4.78 is 5.03. The van der Waals surface area contributed by atoms with Crippen LogP contribution in [0.2, 0.25) is 0 Å². The minimum Gasteiger partial charge on any atom is -0.385 e. The van der Waals surface area contributed by atoms with Crippen LogP contribution in [0.5, 0.6) is 0 Å². The van der Waals surface area contributed by atoms with Gasteiger partial charge in [0, 0.05) is 51.2 Å². The van der Waals surface area contributed by atoms with E-state index in [1.807, 2.05) is 60.7 Å². The Labute approximate surface area is 184 Å². The second-order valence-corrected chi connectivity index (χ2v) is 7.63. The Morgan fingerprint density at radius 1 is 1.06 bits per heavy atom. The molecule has 0 bridgehead atoms. The smallest absolute Gasteiger partial charge is 0.253 e. The average molecular weight is 422 g/mol. The van der Waals surface area contributed by atoms with Crippen molar-refractivity contribution in [2.75, 3.05) is 38.3 Å². The highest BCUT2D eigenvalue weighted by molar-refractivity contribution is 5.99. The van der Waals surface area contributed by atoms with Crippen LogP contribution in [0.25, 0.3) is 6.08 Å². The third kappa shape index (κ3) is 6.96. The van der Waals surface area contributed by atoms with Gasteiger partial charge in [0.15, 0.2) is 0 Å². The van der Waals surface area contributed by atoms with Gasteiger partial charge in [0.25, 0.3) is 5.91 Å². The molecule has 0 radical (unpaired) electrons. The van der Waals surface area contributed by atoms with Crippen LogP contribution >= 0.6 is 0 Å². The van der Waals surface area contributed by atoms with E-state index in [1.165, 1.54) is 0 Å². The van der Waals surface area contributed by atoms with E-state index in [9.17, 15) is 9.59 Å². The Hall–Kier alpha value is -3.12. The van der Waals surface area contributed by atoms with Crippen LogP contribution in [0.15, 0.2) is 60.7 Å². The molecule has 0 aromatic heterocycles. The molecule has 2 N–H and O–H groups in total. The van der Waals surface area contributed by atoms with Crippen molar-refractivity contribution in [3.63, 3.8) is 0 Å². The summed E-state index contributed by atoms with van der Waals surface area (Å²) in [5, 5.41) is 6.06. The van der Waals surface area contributed by atoms with Gasteiger partial charge in [0.2, 0.25) is 5.91 Å². The van der Waals surface area contributed by atoms with Crippen LogP contribution in [-0.2, 0) is 9.53 Å². The monoisotopic (exact) mass is 421 g/mol. The molecule has 2 aromatic carbocycles. The second kappa shape index (κ2) is 11.9. The number of nitrogens with one attached hydrogen (secondary N) is 2. The van der Waals surface area contributed by atoms with Gasteiger partial charge in [-0.15, -0.1) is 0 Å². The van der Waals surface area contributed by atoms with Crippen LogP contribution < -0.4 is 15.5 Å². The van der Waals surface area contributed by atoms with E-state index in [0.29, 0.717) is 18.7 Å². The zero-order valence-electron chi connectivity index (χ0n) is 18.0. The predicted octanol–water partition coefficient (Wildman–Crippen LogP) is 3.25. The van der Waals surface area contributed by atoms with Crippen molar-refractivity contribution in [3.8, 4) is 0 Å². The topological polar surface area (TPSA) is 70.7 Å². The number of rotatable bonds is 9. The summed E-state index contributed by atoms with van der Waals surface area (Å²) in [7, 11) is 1.66. The number of methoxy groups -OCH3 is 1. The summed E-state index contributed by atoms with van der Waals surface area (Å²) >= 11 is 0. The number of amides is 2. The number of nitrogens with zero attached hydrogens (tertiary/aromatic N) is 1. The molecule has 2 amide bonds. The molecule has 1 saturated heterocycles. The lowest BCUT2D eigenvalue weighted by atomic mass is 10.0. The first-order valence-corrected chi connectivity index (χ1v) is 10.8. The molecule has 1 aliphatic rings. The Morgan fingerprint density at radius 3 is 2.52 bits per heavy atom. The van der Waals surface area contributed by atoms with Crippen molar-refractivity contribution in [1.82, 2.24) is 10.6 Å². The summed E-state index contributed by atoms with van der Waals surface area (Å²) in [6, 6.07) is 17.6. The fourth-order valence-corrected chi connectivity index (χ4v) is 3.71. The van der Waals surface area contributed by atoms with Gasteiger partial charge < -0.3 is 20.3 Å². The quantitative estimate of drug-likeness (QED) is 0.482. The van der Waals surface area contributed by atoms with Gasteiger partial charge in [0.1, 0.15) is 0 Å². The molecule has 0 unspecified atom stereocenters. The molecule has 1 fully saturated rings. The Balaban J connectivity index is 1.51. The lowest BCUT2D eigenvalue weighted by Crippen LogP contribution is -2.44. The third-order valence-electron chi connectivity index (χ3n) is 5.37. The normalized spacial score (nSPS) is 14.5. The summed E-state index contributed by atoms with van der Waals surface area (Å²) in [5.41, 5.74) is 2.64. The first kappa shape index (κ1) is 22.6. The minimum absolute atomic E-state index is 0.0619. The molecule has 3 rings (SSSR count). The molecule has 164 valence electrons. The second-order valence-electron chi connectivity index (χ2n) is 7.63. The van der Waals surface area contributed by atoms with Gasteiger partial charge in [-0.2, -0.15) is 0 Å². The van der Waals surface area contributed by atoms with Gasteiger partial charge in [-0.1, -0.05) is 42.5 Å². The lowest BCUT2D eigenvalue weighted by molar-refractivity contribution is -0.117. The van der Waals surface area contributed by atoms with Crippen LogP contribution in [-0.4, -0.2) is 51.2 Å². The number of carbonyl (C=O) groups excluding carboxylic acids is 2. The SMILES string of the molecule is COCCCNC(=O)c1ccccc1N1CCC(NC(=O)/C=C/c2ccccc2)CC1.